The molecule has 29 heavy (non-hydrogen) atoms. The molecule has 1 N–H and O–H groups in total. The highest BCUT2D eigenvalue weighted by Gasteiger charge is 2.28. The maximum atomic E-state index is 12.7. The number of piperidine rings is 1. The standard InChI is InChI=1S/C22H24N4O2S/c1-16-5-2-8-19(13-16)29-22-20(23-9-10-24-22)26-11-3-6-17(15-26)21(27)25-14-18-7-4-12-28-18/h2,4-5,7-10,12-13,17H,3,6,11,14-15H2,1H3,(H,25,27)/t17-/m0/s1. The van der Waals surface area contributed by atoms with Crippen molar-refractivity contribution in [3.05, 3.63) is 66.4 Å². The van der Waals surface area contributed by atoms with Crippen LogP contribution in [0, 0.1) is 12.8 Å². The zero-order chi connectivity index (χ0) is 20.1. The van der Waals surface area contributed by atoms with Crippen LogP contribution in [-0.2, 0) is 11.3 Å². The minimum Gasteiger partial charge on any atom is -0.467 e. The molecule has 0 bridgehead atoms. The van der Waals surface area contributed by atoms with Crippen molar-refractivity contribution in [1.82, 2.24) is 15.3 Å². The van der Waals surface area contributed by atoms with Crippen molar-refractivity contribution in [2.24, 2.45) is 5.92 Å². The molecule has 1 fully saturated rings. The van der Waals surface area contributed by atoms with E-state index >= 15 is 0 Å². The first-order chi connectivity index (χ1) is 14.2. The lowest BCUT2D eigenvalue weighted by atomic mass is 9.97. The smallest absolute Gasteiger partial charge is 0.225 e. The molecular weight excluding hydrogens is 384 g/mol. The predicted molar refractivity (Wildman–Crippen MR) is 113 cm³/mol. The van der Waals surface area contributed by atoms with E-state index in [1.54, 1.807) is 30.4 Å². The highest BCUT2D eigenvalue weighted by Crippen LogP contribution is 2.34. The zero-order valence-electron chi connectivity index (χ0n) is 16.4. The van der Waals surface area contributed by atoms with Crippen LogP contribution in [0.2, 0.25) is 0 Å². The number of hydrogen-bond donors (Lipinski definition) is 1. The van der Waals surface area contributed by atoms with Gasteiger partial charge in [-0.25, -0.2) is 9.97 Å². The minimum absolute atomic E-state index is 0.0582. The molecule has 1 saturated heterocycles. The molecule has 1 aliphatic rings. The second-order valence-electron chi connectivity index (χ2n) is 7.19. The minimum atomic E-state index is -0.0717. The van der Waals surface area contributed by atoms with Gasteiger partial charge in [0, 0.05) is 30.4 Å². The first kappa shape index (κ1) is 19.5. The number of carbonyl (C=O) groups excluding carboxylic acids is 1. The Labute approximate surface area is 174 Å². The van der Waals surface area contributed by atoms with Crippen molar-refractivity contribution < 1.29 is 9.21 Å². The average Bonchev–Trinajstić information content (AvgIpc) is 3.26. The van der Waals surface area contributed by atoms with Crippen LogP contribution in [0.15, 0.2) is 69.4 Å². The summed E-state index contributed by atoms with van der Waals surface area (Å²) in [5.74, 6) is 1.60. The van der Waals surface area contributed by atoms with Gasteiger partial charge in [-0.05, 0) is 44.0 Å². The second-order valence-corrected chi connectivity index (χ2v) is 8.25. The Balaban J connectivity index is 1.44. The first-order valence-corrected chi connectivity index (χ1v) is 10.6. The summed E-state index contributed by atoms with van der Waals surface area (Å²) in [4.78, 5) is 25.1. The lowest BCUT2D eigenvalue weighted by Gasteiger charge is -2.33. The summed E-state index contributed by atoms with van der Waals surface area (Å²) in [6.07, 6.45) is 6.88. The summed E-state index contributed by atoms with van der Waals surface area (Å²) in [6.45, 7) is 4.02. The number of benzene rings is 1. The number of furan rings is 1. The van der Waals surface area contributed by atoms with Crippen LogP contribution < -0.4 is 10.2 Å². The molecule has 150 valence electrons. The summed E-state index contributed by atoms with van der Waals surface area (Å²) >= 11 is 1.61. The average molecular weight is 409 g/mol. The zero-order valence-corrected chi connectivity index (χ0v) is 17.2. The van der Waals surface area contributed by atoms with Gasteiger partial charge in [0.1, 0.15) is 10.8 Å². The number of aromatic nitrogens is 2. The van der Waals surface area contributed by atoms with E-state index in [-0.39, 0.29) is 11.8 Å². The van der Waals surface area contributed by atoms with Crippen molar-refractivity contribution in [2.45, 2.75) is 36.2 Å². The molecule has 3 aromatic rings. The fourth-order valence-electron chi connectivity index (χ4n) is 3.51. The normalized spacial score (nSPS) is 16.6. The Hall–Kier alpha value is -2.80. The number of aryl methyl sites for hydroxylation is 1. The van der Waals surface area contributed by atoms with Crippen molar-refractivity contribution in [1.29, 1.82) is 0 Å². The van der Waals surface area contributed by atoms with Crippen LogP contribution in [-0.4, -0.2) is 29.0 Å². The maximum absolute atomic E-state index is 12.7. The van der Waals surface area contributed by atoms with E-state index in [2.05, 4.69) is 45.3 Å². The van der Waals surface area contributed by atoms with Gasteiger partial charge in [0.25, 0.3) is 0 Å². The predicted octanol–water partition coefficient (Wildman–Crippen LogP) is 4.06. The molecular formula is C22H24N4O2S. The van der Waals surface area contributed by atoms with Crippen LogP contribution >= 0.6 is 11.8 Å². The van der Waals surface area contributed by atoms with Gasteiger partial charge >= 0.3 is 0 Å². The molecule has 1 aromatic carbocycles. The van der Waals surface area contributed by atoms with Gasteiger partial charge in [-0.3, -0.25) is 4.79 Å². The SMILES string of the molecule is Cc1cccc(Sc2nccnc2N2CCC[C@H](C(=O)NCc3ccco3)C2)c1. The monoisotopic (exact) mass is 408 g/mol. The summed E-state index contributed by atoms with van der Waals surface area (Å²) < 4.78 is 5.30. The molecule has 0 unspecified atom stereocenters. The third-order valence-electron chi connectivity index (χ3n) is 4.96. The number of amides is 1. The fraction of sp³-hybridized carbons (Fsp3) is 0.318. The van der Waals surface area contributed by atoms with Gasteiger partial charge in [0.2, 0.25) is 5.91 Å². The molecule has 1 atom stereocenters. The Morgan fingerprint density at radius 2 is 2.17 bits per heavy atom. The Kier molecular flexibility index (Phi) is 6.14. The molecule has 6 nitrogen and oxygen atoms in total. The number of nitrogens with zero attached hydrogens (tertiary/aromatic N) is 3. The highest BCUT2D eigenvalue weighted by molar-refractivity contribution is 7.99. The topological polar surface area (TPSA) is 71.3 Å². The van der Waals surface area contributed by atoms with Gasteiger partial charge in [-0.15, -0.1) is 0 Å². The Morgan fingerprint density at radius 1 is 1.28 bits per heavy atom. The molecule has 1 aliphatic heterocycles. The van der Waals surface area contributed by atoms with Crippen LogP contribution in [0.3, 0.4) is 0 Å². The lowest BCUT2D eigenvalue weighted by molar-refractivity contribution is -0.125. The van der Waals surface area contributed by atoms with Crippen molar-refractivity contribution in [3.8, 4) is 0 Å². The van der Waals surface area contributed by atoms with E-state index in [0.29, 0.717) is 13.1 Å². The molecule has 4 rings (SSSR count). The van der Waals surface area contributed by atoms with Crippen LogP contribution in [0.25, 0.3) is 0 Å². The van der Waals surface area contributed by atoms with E-state index in [0.717, 1.165) is 40.9 Å². The molecule has 3 heterocycles. The number of hydrogen-bond acceptors (Lipinski definition) is 6. The molecule has 0 spiro atoms. The van der Waals surface area contributed by atoms with Gasteiger partial charge in [-0.1, -0.05) is 29.5 Å². The number of anilines is 1. The number of nitrogens with one attached hydrogen (secondary N) is 1. The van der Waals surface area contributed by atoms with Crippen molar-refractivity contribution >= 4 is 23.5 Å². The van der Waals surface area contributed by atoms with Crippen molar-refractivity contribution in [2.75, 3.05) is 18.0 Å². The summed E-state index contributed by atoms with van der Waals surface area (Å²) in [5.41, 5.74) is 1.21. The quantitative estimate of drug-likeness (QED) is 0.663. The number of rotatable bonds is 6. The first-order valence-electron chi connectivity index (χ1n) is 9.79. The lowest BCUT2D eigenvalue weighted by Crippen LogP contribution is -2.43. The van der Waals surface area contributed by atoms with Gasteiger partial charge in [0.05, 0.1) is 18.7 Å². The highest BCUT2D eigenvalue weighted by atomic mass is 32.2. The third kappa shape index (κ3) is 4.98. The fourth-order valence-corrected chi connectivity index (χ4v) is 4.51. The molecule has 7 heteroatoms. The van der Waals surface area contributed by atoms with Crippen LogP contribution in [0.4, 0.5) is 5.82 Å². The van der Waals surface area contributed by atoms with E-state index in [1.807, 2.05) is 18.2 Å². The molecule has 0 aliphatic carbocycles. The second kappa shape index (κ2) is 9.13. The van der Waals surface area contributed by atoms with E-state index in [9.17, 15) is 4.79 Å². The van der Waals surface area contributed by atoms with Crippen molar-refractivity contribution in [3.63, 3.8) is 0 Å². The largest absolute Gasteiger partial charge is 0.467 e. The Morgan fingerprint density at radius 3 is 3.00 bits per heavy atom. The molecule has 2 aromatic heterocycles. The summed E-state index contributed by atoms with van der Waals surface area (Å²) in [5, 5.41) is 3.86. The van der Waals surface area contributed by atoms with E-state index in [1.165, 1.54) is 5.56 Å². The van der Waals surface area contributed by atoms with Crippen LogP contribution in [0.5, 0.6) is 0 Å². The van der Waals surface area contributed by atoms with Gasteiger partial charge < -0.3 is 14.6 Å². The third-order valence-corrected chi connectivity index (χ3v) is 5.93. The van der Waals surface area contributed by atoms with Gasteiger partial charge in [-0.2, -0.15) is 0 Å². The van der Waals surface area contributed by atoms with Gasteiger partial charge in [0.15, 0.2) is 5.82 Å². The summed E-state index contributed by atoms with van der Waals surface area (Å²) in [6, 6.07) is 12.0. The molecule has 0 radical (unpaired) electrons. The Bertz CT molecular complexity index is 961. The number of carbonyl (C=O) groups is 1. The molecule has 1 amide bonds. The van der Waals surface area contributed by atoms with E-state index in [4.69, 9.17) is 4.42 Å². The maximum Gasteiger partial charge on any atom is 0.225 e. The van der Waals surface area contributed by atoms with Crippen LogP contribution in [0.1, 0.15) is 24.2 Å². The molecule has 0 saturated carbocycles. The summed E-state index contributed by atoms with van der Waals surface area (Å²) in [7, 11) is 0. The van der Waals surface area contributed by atoms with E-state index < -0.39 is 0 Å².